The van der Waals surface area contributed by atoms with E-state index < -0.39 is 33.7 Å². The molecule has 0 aliphatic heterocycles. The number of nitrogens with one attached hydrogen (secondary N) is 1. The molecular weight excluding hydrogens is 447 g/mol. The van der Waals surface area contributed by atoms with Crippen LogP contribution in [0.4, 0.5) is 13.2 Å². The van der Waals surface area contributed by atoms with Gasteiger partial charge in [-0.2, -0.15) is 17.5 Å². The van der Waals surface area contributed by atoms with Crippen molar-refractivity contribution in [1.29, 1.82) is 0 Å². The van der Waals surface area contributed by atoms with Gasteiger partial charge >= 0.3 is 6.18 Å². The van der Waals surface area contributed by atoms with Crippen molar-refractivity contribution in [2.45, 2.75) is 64.3 Å². The first-order valence-corrected chi connectivity index (χ1v) is 12.2. The van der Waals surface area contributed by atoms with Gasteiger partial charge in [-0.3, -0.25) is 4.79 Å². The molecule has 0 bridgehead atoms. The second-order valence-corrected chi connectivity index (χ2v) is 10.2. The molecule has 0 unspecified atom stereocenters. The minimum Gasteiger partial charge on any atom is -0.355 e. The highest BCUT2D eigenvalue weighted by Gasteiger charge is 2.32. The molecule has 7 nitrogen and oxygen atoms in total. The number of halogens is 3. The van der Waals surface area contributed by atoms with E-state index in [9.17, 15) is 26.4 Å². The molecule has 11 heteroatoms. The quantitative estimate of drug-likeness (QED) is 0.651. The zero-order valence-corrected chi connectivity index (χ0v) is 18.9. The van der Waals surface area contributed by atoms with Gasteiger partial charge in [0.15, 0.2) is 11.5 Å². The van der Waals surface area contributed by atoms with Crippen molar-refractivity contribution in [2.24, 2.45) is 0 Å². The molecule has 2 aromatic rings. The van der Waals surface area contributed by atoms with Gasteiger partial charge in [-0.15, -0.1) is 0 Å². The normalized spacial score (nSPS) is 15.6. The van der Waals surface area contributed by atoms with Crippen LogP contribution in [0.1, 0.15) is 61.1 Å². The van der Waals surface area contributed by atoms with Gasteiger partial charge in [-0.25, -0.2) is 8.42 Å². The lowest BCUT2D eigenvalue weighted by molar-refractivity contribution is -0.137. The fourth-order valence-corrected chi connectivity index (χ4v) is 4.96. The standard InChI is InChI=1S/C21H26F3N3O4S/c1-13(2)27(32(3,29)30)12-17-18(20(28)25-16-6-4-5-7-16)26-31-19(17)14-8-10-15(11-9-14)21(22,23)24/h8-11,13,16H,4-7,12H2,1-3H3,(H,25,28). The maximum Gasteiger partial charge on any atom is 0.416 e. The molecule has 1 fully saturated rings. The SMILES string of the molecule is CC(C)N(Cc1c(C(=O)NC2CCCC2)noc1-c1ccc(C(F)(F)F)cc1)S(C)(=O)=O. The number of rotatable bonds is 7. The topological polar surface area (TPSA) is 92.5 Å². The van der Waals surface area contributed by atoms with E-state index in [0.717, 1.165) is 44.1 Å². The lowest BCUT2D eigenvalue weighted by Crippen LogP contribution is -2.37. The Hall–Kier alpha value is -2.40. The lowest BCUT2D eigenvalue weighted by atomic mass is 10.0. The van der Waals surface area contributed by atoms with Crippen molar-refractivity contribution in [3.8, 4) is 11.3 Å². The number of carbonyl (C=O) groups excluding carboxylic acids is 1. The third-order valence-corrected chi connectivity index (χ3v) is 6.89. The van der Waals surface area contributed by atoms with Gasteiger partial charge in [-0.1, -0.05) is 30.1 Å². The summed E-state index contributed by atoms with van der Waals surface area (Å²) in [5, 5.41) is 6.76. The fourth-order valence-electron chi connectivity index (χ4n) is 3.83. The molecule has 0 atom stereocenters. The molecule has 1 aromatic heterocycles. The number of benzene rings is 1. The van der Waals surface area contributed by atoms with Crippen molar-refractivity contribution in [3.63, 3.8) is 0 Å². The second kappa shape index (κ2) is 9.22. The summed E-state index contributed by atoms with van der Waals surface area (Å²) in [4.78, 5) is 12.9. The van der Waals surface area contributed by atoms with E-state index in [1.165, 1.54) is 16.4 Å². The van der Waals surface area contributed by atoms with Gasteiger partial charge in [0.25, 0.3) is 5.91 Å². The molecule has 176 valence electrons. The van der Waals surface area contributed by atoms with Gasteiger partial charge in [0.1, 0.15) is 0 Å². The molecular formula is C21H26F3N3O4S. The summed E-state index contributed by atoms with van der Waals surface area (Å²) in [7, 11) is -3.65. The predicted octanol–water partition coefficient (Wildman–Crippen LogP) is 4.20. The van der Waals surface area contributed by atoms with Crippen LogP contribution in [0, 0.1) is 0 Å². The zero-order valence-electron chi connectivity index (χ0n) is 18.1. The summed E-state index contributed by atoms with van der Waals surface area (Å²) >= 11 is 0. The van der Waals surface area contributed by atoms with E-state index in [1.54, 1.807) is 13.8 Å². The maximum absolute atomic E-state index is 12.9. The number of sulfonamides is 1. The van der Waals surface area contributed by atoms with Gasteiger partial charge in [0.05, 0.1) is 11.8 Å². The number of aromatic nitrogens is 1. The Morgan fingerprint density at radius 2 is 1.81 bits per heavy atom. The Kier molecular flexibility index (Phi) is 6.99. The summed E-state index contributed by atoms with van der Waals surface area (Å²) < 4.78 is 70.0. The first-order chi connectivity index (χ1) is 14.9. The van der Waals surface area contributed by atoms with Crippen LogP contribution in [0.2, 0.25) is 0 Å². The molecule has 1 heterocycles. The third-order valence-electron chi connectivity index (χ3n) is 5.48. The van der Waals surface area contributed by atoms with Crippen LogP contribution >= 0.6 is 0 Å². The van der Waals surface area contributed by atoms with E-state index in [1.807, 2.05) is 0 Å². The lowest BCUT2D eigenvalue weighted by Gasteiger charge is -2.24. The van der Waals surface area contributed by atoms with E-state index in [2.05, 4.69) is 10.5 Å². The molecule has 1 amide bonds. The van der Waals surface area contributed by atoms with Crippen LogP contribution in [-0.2, 0) is 22.7 Å². The molecule has 1 aliphatic carbocycles. The maximum atomic E-state index is 12.9. The molecule has 1 aromatic carbocycles. The Balaban J connectivity index is 2.02. The summed E-state index contributed by atoms with van der Waals surface area (Å²) in [6, 6.07) is 3.80. The van der Waals surface area contributed by atoms with E-state index in [-0.39, 0.29) is 35.2 Å². The molecule has 1 aliphatic rings. The minimum atomic E-state index is -4.50. The van der Waals surface area contributed by atoms with Crippen molar-refractivity contribution < 1.29 is 30.9 Å². The minimum absolute atomic E-state index is 0.00215. The summed E-state index contributed by atoms with van der Waals surface area (Å²) in [6.45, 7) is 3.17. The molecule has 3 rings (SSSR count). The molecule has 32 heavy (non-hydrogen) atoms. The molecule has 0 saturated heterocycles. The van der Waals surface area contributed by atoms with Crippen LogP contribution in [0.5, 0.6) is 0 Å². The number of carbonyl (C=O) groups is 1. The predicted molar refractivity (Wildman–Crippen MR) is 112 cm³/mol. The van der Waals surface area contributed by atoms with Crippen LogP contribution in [0.25, 0.3) is 11.3 Å². The zero-order chi connectivity index (χ0) is 23.7. The Morgan fingerprint density at radius 1 is 1.22 bits per heavy atom. The van der Waals surface area contributed by atoms with Crippen molar-refractivity contribution >= 4 is 15.9 Å². The smallest absolute Gasteiger partial charge is 0.355 e. The largest absolute Gasteiger partial charge is 0.416 e. The third kappa shape index (κ3) is 5.50. The summed E-state index contributed by atoms with van der Waals surface area (Å²) in [5.74, 6) is -0.435. The van der Waals surface area contributed by atoms with Crippen LogP contribution in [0.15, 0.2) is 28.8 Å². The summed E-state index contributed by atoms with van der Waals surface area (Å²) in [5.41, 5.74) is -0.431. The van der Waals surface area contributed by atoms with Gasteiger partial charge < -0.3 is 9.84 Å². The molecule has 1 N–H and O–H groups in total. The Bertz CT molecular complexity index is 1060. The number of hydrogen-bond donors (Lipinski definition) is 1. The Morgan fingerprint density at radius 3 is 2.31 bits per heavy atom. The van der Waals surface area contributed by atoms with E-state index in [0.29, 0.717) is 0 Å². The Labute approximate surface area is 185 Å². The fraction of sp³-hybridized carbons (Fsp3) is 0.524. The van der Waals surface area contributed by atoms with Crippen molar-refractivity contribution in [2.75, 3.05) is 6.26 Å². The van der Waals surface area contributed by atoms with Gasteiger partial charge in [0, 0.05) is 29.8 Å². The highest BCUT2D eigenvalue weighted by atomic mass is 32.2. The average molecular weight is 474 g/mol. The van der Waals surface area contributed by atoms with Crippen LogP contribution in [-0.4, -0.2) is 42.1 Å². The monoisotopic (exact) mass is 473 g/mol. The van der Waals surface area contributed by atoms with E-state index >= 15 is 0 Å². The van der Waals surface area contributed by atoms with Gasteiger partial charge in [0.2, 0.25) is 10.0 Å². The second-order valence-electron chi connectivity index (χ2n) is 8.27. The van der Waals surface area contributed by atoms with Crippen LogP contribution in [0.3, 0.4) is 0 Å². The van der Waals surface area contributed by atoms with E-state index in [4.69, 9.17) is 4.52 Å². The number of nitrogens with zero attached hydrogens (tertiary/aromatic N) is 2. The van der Waals surface area contributed by atoms with Crippen molar-refractivity contribution in [3.05, 3.63) is 41.1 Å². The molecule has 0 radical (unpaired) electrons. The highest BCUT2D eigenvalue weighted by molar-refractivity contribution is 7.88. The van der Waals surface area contributed by atoms with Crippen LogP contribution < -0.4 is 5.32 Å². The highest BCUT2D eigenvalue weighted by Crippen LogP contribution is 2.33. The average Bonchev–Trinajstić information content (AvgIpc) is 3.33. The van der Waals surface area contributed by atoms with Crippen molar-refractivity contribution in [1.82, 2.24) is 14.8 Å². The summed E-state index contributed by atoms with van der Waals surface area (Å²) in [6.07, 6.45) is 0.236. The molecule has 1 saturated carbocycles. The number of hydrogen-bond acceptors (Lipinski definition) is 5. The first kappa shape index (κ1) is 24.2. The van der Waals surface area contributed by atoms with Gasteiger partial charge in [-0.05, 0) is 38.8 Å². The molecule has 0 spiro atoms. The number of alkyl halides is 3. The first-order valence-electron chi connectivity index (χ1n) is 10.3. The number of amides is 1.